The summed E-state index contributed by atoms with van der Waals surface area (Å²) in [6.07, 6.45) is 1.17. The van der Waals surface area contributed by atoms with Crippen molar-refractivity contribution >= 4 is 5.84 Å². The summed E-state index contributed by atoms with van der Waals surface area (Å²) in [4.78, 5) is 4.63. The Hall–Kier alpha value is -0.570. The van der Waals surface area contributed by atoms with Crippen molar-refractivity contribution in [2.75, 3.05) is 26.7 Å². The van der Waals surface area contributed by atoms with Gasteiger partial charge >= 0.3 is 0 Å². The number of hydrogen-bond donors (Lipinski definition) is 1. The quantitative estimate of drug-likeness (QED) is 0.491. The van der Waals surface area contributed by atoms with Crippen LogP contribution in [0, 0.1) is 10.8 Å². The van der Waals surface area contributed by atoms with E-state index in [2.05, 4.69) is 44.5 Å². The Labute approximate surface area is 94.0 Å². The third-order valence-electron chi connectivity index (χ3n) is 3.04. The summed E-state index contributed by atoms with van der Waals surface area (Å²) in [6, 6.07) is 0.462. The lowest BCUT2D eigenvalue weighted by Gasteiger charge is -2.36. The second kappa shape index (κ2) is 4.52. The van der Waals surface area contributed by atoms with Gasteiger partial charge < -0.3 is 9.80 Å². The minimum Gasteiger partial charge on any atom is -0.356 e. The lowest BCUT2D eigenvalue weighted by atomic mass is 9.93. The van der Waals surface area contributed by atoms with E-state index in [-0.39, 0.29) is 5.41 Å². The van der Waals surface area contributed by atoms with E-state index in [0.717, 1.165) is 25.5 Å². The van der Waals surface area contributed by atoms with Crippen molar-refractivity contribution in [3.05, 3.63) is 0 Å². The number of hydrogen-bond acceptors (Lipinski definition) is 2. The lowest BCUT2D eigenvalue weighted by molar-refractivity contribution is 0.269. The number of amidine groups is 1. The van der Waals surface area contributed by atoms with Gasteiger partial charge in [0.05, 0.1) is 0 Å². The van der Waals surface area contributed by atoms with Crippen LogP contribution in [0.25, 0.3) is 0 Å². The molecule has 1 aliphatic heterocycles. The zero-order valence-electron chi connectivity index (χ0n) is 10.8. The first-order chi connectivity index (χ1) is 6.82. The zero-order chi connectivity index (χ0) is 11.6. The molecule has 1 fully saturated rings. The summed E-state index contributed by atoms with van der Waals surface area (Å²) in [5.74, 6) is 0.783. The highest BCUT2D eigenvalue weighted by Gasteiger charge is 2.28. The van der Waals surface area contributed by atoms with E-state index >= 15 is 0 Å². The second-order valence-corrected chi connectivity index (χ2v) is 5.76. The molecule has 0 aromatic carbocycles. The molecule has 88 valence electrons. The molecule has 3 nitrogen and oxygen atoms in total. The molecule has 3 heteroatoms. The topological polar surface area (TPSA) is 30.3 Å². The van der Waals surface area contributed by atoms with Gasteiger partial charge in [0.15, 0.2) is 0 Å². The third-order valence-corrected chi connectivity index (χ3v) is 3.04. The van der Waals surface area contributed by atoms with E-state index in [4.69, 9.17) is 5.41 Å². The maximum Gasteiger partial charge on any atom is 0.102 e. The highest BCUT2D eigenvalue weighted by Crippen LogP contribution is 2.21. The summed E-state index contributed by atoms with van der Waals surface area (Å²) in [5.41, 5.74) is -0.0306. The van der Waals surface area contributed by atoms with Crippen LogP contribution < -0.4 is 0 Å². The minimum absolute atomic E-state index is 0.0306. The van der Waals surface area contributed by atoms with Crippen molar-refractivity contribution in [3.63, 3.8) is 0 Å². The highest BCUT2D eigenvalue weighted by molar-refractivity contribution is 5.84. The van der Waals surface area contributed by atoms with E-state index in [9.17, 15) is 0 Å². The first kappa shape index (κ1) is 12.5. The predicted octanol–water partition coefficient (Wildman–Crippen LogP) is 2.04. The first-order valence-corrected chi connectivity index (χ1v) is 5.86. The molecule has 0 aromatic heterocycles. The molecule has 1 unspecified atom stereocenters. The molecular formula is C12H25N3. The molecule has 0 amide bonds. The van der Waals surface area contributed by atoms with Gasteiger partial charge in [0.1, 0.15) is 5.84 Å². The molecule has 0 spiro atoms. The molecule has 0 bridgehead atoms. The normalized spacial score (nSPS) is 25.1. The molecule has 1 rings (SSSR count). The van der Waals surface area contributed by atoms with Crippen molar-refractivity contribution in [1.29, 1.82) is 5.41 Å². The van der Waals surface area contributed by atoms with Crippen molar-refractivity contribution in [2.45, 2.75) is 40.2 Å². The maximum absolute atomic E-state index is 8.24. The molecule has 0 radical (unpaired) electrons. The van der Waals surface area contributed by atoms with Gasteiger partial charge in [0, 0.05) is 24.5 Å². The van der Waals surface area contributed by atoms with Crippen LogP contribution in [0.5, 0.6) is 0 Å². The molecule has 0 aliphatic carbocycles. The fourth-order valence-corrected chi connectivity index (χ4v) is 2.14. The van der Waals surface area contributed by atoms with Gasteiger partial charge in [0.25, 0.3) is 0 Å². The average molecular weight is 211 g/mol. The number of nitrogens with one attached hydrogen (secondary N) is 1. The summed E-state index contributed by atoms with van der Waals surface area (Å²) < 4.78 is 0. The molecular weight excluding hydrogens is 186 g/mol. The van der Waals surface area contributed by atoms with E-state index in [0.29, 0.717) is 6.04 Å². The third kappa shape index (κ3) is 3.20. The van der Waals surface area contributed by atoms with Crippen LogP contribution >= 0.6 is 0 Å². The van der Waals surface area contributed by atoms with Gasteiger partial charge in [-0.1, -0.05) is 20.8 Å². The smallest absolute Gasteiger partial charge is 0.102 e. The Kier molecular flexibility index (Phi) is 3.77. The van der Waals surface area contributed by atoms with Crippen LogP contribution in [-0.2, 0) is 0 Å². The second-order valence-electron chi connectivity index (χ2n) is 5.76. The van der Waals surface area contributed by atoms with Crippen LogP contribution in [0.15, 0.2) is 0 Å². The number of rotatable bonds is 0. The Bertz CT molecular complexity index is 230. The van der Waals surface area contributed by atoms with Crippen LogP contribution in [0.1, 0.15) is 34.1 Å². The van der Waals surface area contributed by atoms with Crippen molar-refractivity contribution in [1.82, 2.24) is 9.80 Å². The molecule has 15 heavy (non-hydrogen) atoms. The molecule has 0 saturated carbocycles. The molecule has 0 aromatic rings. The molecule has 1 N–H and O–H groups in total. The van der Waals surface area contributed by atoms with E-state index in [1.165, 1.54) is 6.42 Å². The Morgan fingerprint density at radius 2 is 1.87 bits per heavy atom. The molecule has 1 saturated heterocycles. The standard InChI is InChI=1S/C12H25N3/c1-10-9-14(5)7-6-8-15(10)11(13)12(2,3)4/h10,13H,6-9H2,1-5H3. The van der Waals surface area contributed by atoms with E-state index in [1.54, 1.807) is 0 Å². The summed E-state index contributed by atoms with van der Waals surface area (Å²) in [5, 5.41) is 8.24. The highest BCUT2D eigenvalue weighted by atomic mass is 15.3. The first-order valence-electron chi connectivity index (χ1n) is 5.86. The number of nitrogens with zero attached hydrogens (tertiary/aromatic N) is 2. The molecule has 1 aliphatic rings. The van der Waals surface area contributed by atoms with Crippen molar-refractivity contribution in [3.8, 4) is 0 Å². The predicted molar refractivity (Wildman–Crippen MR) is 65.5 cm³/mol. The average Bonchev–Trinajstić information content (AvgIpc) is 2.23. The maximum atomic E-state index is 8.24. The van der Waals surface area contributed by atoms with Gasteiger partial charge in [-0.25, -0.2) is 0 Å². The van der Waals surface area contributed by atoms with Gasteiger partial charge in [-0.15, -0.1) is 0 Å². The molecule has 1 heterocycles. The van der Waals surface area contributed by atoms with Crippen LogP contribution in [0.3, 0.4) is 0 Å². The minimum atomic E-state index is -0.0306. The summed E-state index contributed by atoms with van der Waals surface area (Å²) >= 11 is 0. The summed E-state index contributed by atoms with van der Waals surface area (Å²) in [6.45, 7) is 11.8. The summed E-state index contributed by atoms with van der Waals surface area (Å²) in [7, 11) is 2.17. The largest absolute Gasteiger partial charge is 0.356 e. The lowest BCUT2D eigenvalue weighted by Crippen LogP contribution is -2.46. The van der Waals surface area contributed by atoms with Gasteiger partial charge in [-0.3, -0.25) is 5.41 Å². The zero-order valence-corrected chi connectivity index (χ0v) is 10.8. The Morgan fingerprint density at radius 3 is 2.40 bits per heavy atom. The van der Waals surface area contributed by atoms with Crippen molar-refractivity contribution < 1.29 is 0 Å². The fourth-order valence-electron chi connectivity index (χ4n) is 2.14. The Morgan fingerprint density at radius 1 is 1.27 bits per heavy atom. The number of likely N-dealkylation sites (N-methyl/N-ethyl adjacent to an activating group) is 1. The Balaban J connectivity index is 2.72. The SMILES string of the molecule is CC1CN(C)CCCN1C(=N)C(C)(C)C. The van der Waals surface area contributed by atoms with Gasteiger partial charge in [0.2, 0.25) is 0 Å². The van der Waals surface area contributed by atoms with Crippen LogP contribution in [-0.4, -0.2) is 48.4 Å². The van der Waals surface area contributed by atoms with E-state index in [1.807, 2.05) is 0 Å². The molecule has 1 atom stereocenters. The van der Waals surface area contributed by atoms with E-state index < -0.39 is 0 Å². The monoisotopic (exact) mass is 211 g/mol. The van der Waals surface area contributed by atoms with Gasteiger partial charge in [-0.05, 0) is 26.9 Å². The van der Waals surface area contributed by atoms with Crippen LogP contribution in [0.4, 0.5) is 0 Å². The fraction of sp³-hybridized carbons (Fsp3) is 0.917. The van der Waals surface area contributed by atoms with Crippen LogP contribution in [0.2, 0.25) is 0 Å². The van der Waals surface area contributed by atoms with Gasteiger partial charge in [-0.2, -0.15) is 0 Å². The van der Waals surface area contributed by atoms with Crippen molar-refractivity contribution in [2.24, 2.45) is 5.41 Å².